The number of benzene rings is 2. The molecule has 2 heterocycles. The summed E-state index contributed by atoms with van der Waals surface area (Å²) in [6.45, 7) is 2.48. The molecule has 0 bridgehead atoms. The van der Waals surface area contributed by atoms with Crippen LogP contribution in [-0.2, 0) is 4.74 Å². The van der Waals surface area contributed by atoms with E-state index in [9.17, 15) is 8.78 Å². The lowest BCUT2D eigenvalue weighted by Crippen LogP contribution is -2.29. The minimum absolute atomic E-state index is 0.0508. The number of hydrogen-bond donors (Lipinski definition) is 1. The lowest BCUT2D eigenvalue weighted by Gasteiger charge is -2.24. The van der Waals surface area contributed by atoms with Gasteiger partial charge in [0.25, 0.3) is 0 Å². The zero-order valence-electron chi connectivity index (χ0n) is 15.6. The number of nitrogens with two attached hydrogens (primary N) is 1. The van der Waals surface area contributed by atoms with Crippen LogP contribution in [0.3, 0.4) is 0 Å². The fourth-order valence-corrected chi connectivity index (χ4v) is 3.62. The van der Waals surface area contributed by atoms with Gasteiger partial charge in [0.2, 0.25) is 0 Å². The summed E-state index contributed by atoms with van der Waals surface area (Å²) >= 11 is 0. The largest absolute Gasteiger partial charge is 0.484 e. The van der Waals surface area contributed by atoms with Crippen molar-refractivity contribution < 1.29 is 18.3 Å². The lowest BCUT2D eigenvalue weighted by molar-refractivity contribution is -0.0366. The van der Waals surface area contributed by atoms with Crippen molar-refractivity contribution in [2.24, 2.45) is 5.73 Å². The normalized spacial score (nSPS) is 19.5. The van der Waals surface area contributed by atoms with E-state index in [1.165, 1.54) is 12.1 Å². The van der Waals surface area contributed by atoms with Crippen LogP contribution in [0.2, 0.25) is 0 Å². The quantitative estimate of drug-likeness (QED) is 0.701. The maximum Gasteiger partial charge on any atom is 0.150 e. The smallest absolute Gasteiger partial charge is 0.150 e. The van der Waals surface area contributed by atoms with Crippen LogP contribution in [0.4, 0.5) is 8.78 Å². The van der Waals surface area contributed by atoms with Crippen molar-refractivity contribution in [2.75, 3.05) is 6.61 Å². The van der Waals surface area contributed by atoms with E-state index < -0.39 is 23.8 Å². The Kier molecular flexibility index (Phi) is 5.28. The van der Waals surface area contributed by atoms with Gasteiger partial charge in [-0.15, -0.1) is 0 Å². The van der Waals surface area contributed by atoms with Crippen molar-refractivity contribution in [1.29, 1.82) is 0 Å². The molecule has 1 saturated heterocycles. The van der Waals surface area contributed by atoms with Gasteiger partial charge in [0.05, 0.1) is 11.7 Å². The van der Waals surface area contributed by atoms with E-state index in [-0.39, 0.29) is 6.23 Å². The minimum Gasteiger partial charge on any atom is -0.484 e. The SMILES string of the molecule is C[C@H](N)[C@H](Oc1ccc2c(cnn2C2CCCCO2)c1)c1cc(F)cc(F)c1. The van der Waals surface area contributed by atoms with E-state index in [4.69, 9.17) is 15.2 Å². The van der Waals surface area contributed by atoms with Gasteiger partial charge in [0.15, 0.2) is 6.23 Å². The fraction of sp³-hybridized carbons (Fsp3) is 0.381. The molecule has 0 aliphatic carbocycles. The number of hydrogen-bond acceptors (Lipinski definition) is 4. The van der Waals surface area contributed by atoms with Gasteiger partial charge in [0.1, 0.15) is 23.5 Å². The summed E-state index contributed by atoms with van der Waals surface area (Å²) in [5, 5.41) is 5.37. The van der Waals surface area contributed by atoms with Crippen LogP contribution in [0, 0.1) is 11.6 Å². The predicted octanol–water partition coefficient (Wildman–Crippen LogP) is 4.48. The summed E-state index contributed by atoms with van der Waals surface area (Å²) in [7, 11) is 0. The van der Waals surface area contributed by atoms with Crippen LogP contribution in [0.25, 0.3) is 10.9 Å². The minimum atomic E-state index is -0.681. The molecule has 3 atom stereocenters. The first-order valence-corrected chi connectivity index (χ1v) is 9.48. The van der Waals surface area contributed by atoms with Gasteiger partial charge in [-0.05, 0) is 62.1 Å². The fourth-order valence-electron chi connectivity index (χ4n) is 3.62. The van der Waals surface area contributed by atoms with E-state index in [0.29, 0.717) is 11.3 Å². The summed E-state index contributed by atoms with van der Waals surface area (Å²) in [5.41, 5.74) is 7.34. The first kappa shape index (κ1) is 18.8. The number of ether oxygens (including phenoxy) is 2. The van der Waals surface area contributed by atoms with Crippen molar-refractivity contribution in [3.05, 3.63) is 59.8 Å². The maximum absolute atomic E-state index is 13.6. The molecule has 1 aromatic heterocycles. The molecule has 7 heteroatoms. The number of rotatable bonds is 5. The van der Waals surface area contributed by atoms with Crippen LogP contribution in [0.15, 0.2) is 42.6 Å². The maximum atomic E-state index is 13.6. The van der Waals surface area contributed by atoms with Crippen molar-refractivity contribution >= 4 is 10.9 Å². The second kappa shape index (κ2) is 7.85. The Morgan fingerprint density at radius 1 is 1.18 bits per heavy atom. The molecule has 0 spiro atoms. The van der Waals surface area contributed by atoms with Crippen LogP contribution < -0.4 is 10.5 Å². The molecular weight excluding hydrogens is 364 g/mol. The third kappa shape index (κ3) is 3.86. The highest BCUT2D eigenvalue weighted by Crippen LogP contribution is 2.31. The predicted molar refractivity (Wildman–Crippen MR) is 102 cm³/mol. The van der Waals surface area contributed by atoms with E-state index in [2.05, 4.69) is 5.10 Å². The van der Waals surface area contributed by atoms with Gasteiger partial charge >= 0.3 is 0 Å². The molecule has 4 rings (SSSR count). The van der Waals surface area contributed by atoms with Crippen molar-refractivity contribution in [3.63, 3.8) is 0 Å². The molecule has 1 unspecified atom stereocenters. The second-order valence-electron chi connectivity index (χ2n) is 7.23. The highest BCUT2D eigenvalue weighted by molar-refractivity contribution is 5.80. The third-order valence-corrected chi connectivity index (χ3v) is 4.95. The lowest BCUT2D eigenvalue weighted by atomic mass is 10.0. The average Bonchev–Trinajstić information content (AvgIpc) is 3.09. The first-order valence-electron chi connectivity index (χ1n) is 9.48. The highest BCUT2D eigenvalue weighted by atomic mass is 19.1. The summed E-state index contributed by atoms with van der Waals surface area (Å²) in [6.07, 6.45) is 4.17. The van der Waals surface area contributed by atoms with Crippen LogP contribution in [-0.4, -0.2) is 22.4 Å². The van der Waals surface area contributed by atoms with Crippen molar-refractivity contribution in [2.45, 2.75) is 44.6 Å². The molecule has 148 valence electrons. The van der Waals surface area contributed by atoms with E-state index in [1.54, 1.807) is 13.1 Å². The third-order valence-electron chi connectivity index (χ3n) is 4.95. The van der Waals surface area contributed by atoms with Gasteiger partial charge in [-0.25, -0.2) is 13.5 Å². The molecule has 1 aliphatic heterocycles. The number of halogens is 2. The Bertz CT molecular complexity index is 947. The molecule has 0 amide bonds. The average molecular weight is 387 g/mol. The first-order chi connectivity index (χ1) is 13.5. The molecule has 3 aromatic rings. The van der Waals surface area contributed by atoms with Gasteiger partial charge < -0.3 is 15.2 Å². The standard InChI is InChI=1S/C21H23F2N3O2/c1-13(24)21(14-8-16(22)11-17(23)9-14)28-18-5-6-19-15(10-18)12-25-26(19)20-4-2-3-7-27-20/h5-6,8-13,20-21H,2-4,7,24H2,1H3/t13-,20?,21-/m0/s1. The van der Waals surface area contributed by atoms with Crippen molar-refractivity contribution in [3.8, 4) is 5.75 Å². The Hall–Kier alpha value is -2.51. The molecule has 5 nitrogen and oxygen atoms in total. The van der Waals surface area contributed by atoms with Crippen LogP contribution in [0.5, 0.6) is 5.75 Å². The molecule has 1 aliphatic rings. The summed E-state index contributed by atoms with van der Waals surface area (Å²) < 4.78 is 41.0. The second-order valence-corrected chi connectivity index (χ2v) is 7.23. The van der Waals surface area contributed by atoms with Crippen molar-refractivity contribution in [1.82, 2.24) is 9.78 Å². The summed E-state index contributed by atoms with van der Waals surface area (Å²) in [5.74, 6) is -0.759. The van der Waals surface area contributed by atoms with E-state index in [0.717, 1.165) is 42.8 Å². The van der Waals surface area contributed by atoms with E-state index in [1.807, 2.05) is 22.9 Å². The van der Waals surface area contributed by atoms with Gasteiger partial charge in [0, 0.05) is 24.1 Å². The summed E-state index contributed by atoms with van der Waals surface area (Å²) in [6, 6.07) is 8.44. The molecule has 0 saturated carbocycles. The number of nitrogens with zero attached hydrogens (tertiary/aromatic N) is 2. The molecule has 0 radical (unpaired) electrons. The van der Waals surface area contributed by atoms with Gasteiger partial charge in [-0.2, -0.15) is 5.10 Å². The molecular formula is C21H23F2N3O2. The molecule has 2 aromatic carbocycles. The topological polar surface area (TPSA) is 62.3 Å². The molecule has 1 fully saturated rings. The summed E-state index contributed by atoms with van der Waals surface area (Å²) in [4.78, 5) is 0. The van der Waals surface area contributed by atoms with Gasteiger partial charge in [-0.1, -0.05) is 0 Å². The highest BCUT2D eigenvalue weighted by Gasteiger charge is 2.22. The Morgan fingerprint density at radius 3 is 2.64 bits per heavy atom. The Balaban J connectivity index is 1.61. The zero-order chi connectivity index (χ0) is 19.7. The number of fused-ring (bicyclic) bond motifs is 1. The monoisotopic (exact) mass is 387 g/mol. The Labute approximate surface area is 162 Å². The molecule has 2 N–H and O–H groups in total. The van der Waals surface area contributed by atoms with Crippen LogP contribution in [0.1, 0.15) is 44.1 Å². The van der Waals surface area contributed by atoms with Crippen LogP contribution >= 0.6 is 0 Å². The Morgan fingerprint density at radius 2 is 1.96 bits per heavy atom. The number of aromatic nitrogens is 2. The molecule has 28 heavy (non-hydrogen) atoms. The van der Waals surface area contributed by atoms with E-state index >= 15 is 0 Å². The van der Waals surface area contributed by atoms with Gasteiger partial charge in [-0.3, -0.25) is 0 Å². The zero-order valence-corrected chi connectivity index (χ0v) is 15.6.